The third-order valence-electron chi connectivity index (χ3n) is 4.05. The van der Waals surface area contributed by atoms with Crippen LogP contribution >= 0.6 is 0 Å². The molecule has 1 aromatic rings. The summed E-state index contributed by atoms with van der Waals surface area (Å²) >= 11 is 0. The Labute approximate surface area is 113 Å². The van der Waals surface area contributed by atoms with E-state index in [0.717, 1.165) is 18.7 Å². The van der Waals surface area contributed by atoms with Crippen LogP contribution < -0.4 is 0 Å². The third-order valence-corrected chi connectivity index (χ3v) is 5.90. The van der Waals surface area contributed by atoms with Crippen LogP contribution in [0.4, 0.5) is 0 Å². The first kappa shape index (κ1) is 13.1. The van der Waals surface area contributed by atoms with Crippen molar-refractivity contribution in [1.82, 2.24) is 19.1 Å². The molecule has 1 atom stereocenters. The van der Waals surface area contributed by atoms with Gasteiger partial charge in [-0.2, -0.15) is 0 Å². The van der Waals surface area contributed by atoms with E-state index in [4.69, 9.17) is 0 Å². The van der Waals surface area contributed by atoms with Crippen molar-refractivity contribution in [2.75, 3.05) is 18.8 Å². The van der Waals surface area contributed by atoms with Crippen molar-refractivity contribution in [2.45, 2.75) is 44.6 Å². The van der Waals surface area contributed by atoms with Gasteiger partial charge in [0.05, 0.1) is 5.75 Å². The van der Waals surface area contributed by atoms with Crippen LogP contribution in [0.5, 0.6) is 0 Å². The highest BCUT2D eigenvalue weighted by Gasteiger charge is 2.34. The molecule has 0 aromatic carbocycles. The zero-order valence-electron chi connectivity index (χ0n) is 11.2. The molecule has 0 amide bonds. The molecule has 6 nitrogen and oxygen atoms in total. The first-order valence-electron chi connectivity index (χ1n) is 6.99. The zero-order valence-corrected chi connectivity index (χ0v) is 12.0. The molecule has 2 fully saturated rings. The molecule has 1 saturated carbocycles. The largest absolute Gasteiger partial charge is 0.314 e. The van der Waals surface area contributed by atoms with Gasteiger partial charge < -0.3 is 4.57 Å². The molecule has 0 radical (unpaired) electrons. The van der Waals surface area contributed by atoms with E-state index in [-0.39, 0.29) is 11.7 Å². The van der Waals surface area contributed by atoms with Crippen LogP contribution in [-0.2, 0) is 10.0 Å². The summed E-state index contributed by atoms with van der Waals surface area (Å²) in [5.74, 6) is 1.34. The van der Waals surface area contributed by atoms with E-state index in [1.807, 2.05) is 0 Å². The Morgan fingerprint density at radius 1 is 1.37 bits per heavy atom. The van der Waals surface area contributed by atoms with Gasteiger partial charge in [-0.3, -0.25) is 0 Å². The van der Waals surface area contributed by atoms with Gasteiger partial charge in [0.15, 0.2) is 0 Å². The van der Waals surface area contributed by atoms with Gasteiger partial charge in [-0.25, -0.2) is 12.7 Å². The van der Waals surface area contributed by atoms with Crippen LogP contribution in [0, 0.1) is 0 Å². The van der Waals surface area contributed by atoms with Crippen molar-refractivity contribution in [3.8, 4) is 0 Å². The van der Waals surface area contributed by atoms with Crippen LogP contribution in [0.25, 0.3) is 0 Å². The van der Waals surface area contributed by atoms with Gasteiger partial charge in [0.1, 0.15) is 12.2 Å². The Morgan fingerprint density at radius 3 is 2.84 bits per heavy atom. The first-order chi connectivity index (χ1) is 9.12. The third kappa shape index (κ3) is 2.53. The maximum absolute atomic E-state index is 12.0. The number of hydrogen-bond donors (Lipinski definition) is 0. The molecule has 0 spiro atoms. The van der Waals surface area contributed by atoms with Gasteiger partial charge in [-0.1, -0.05) is 0 Å². The number of nitrogens with zero attached hydrogens (tertiary/aromatic N) is 4. The summed E-state index contributed by atoms with van der Waals surface area (Å²) in [6.07, 6.45) is 6.08. The summed E-state index contributed by atoms with van der Waals surface area (Å²) in [5, 5.41) is 8.25. The minimum absolute atomic E-state index is 0.176. The fourth-order valence-electron chi connectivity index (χ4n) is 2.77. The number of aromatic nitrogens is 3. The van der Waals surface area contributed by atoms with E-state index < -0.39 is 10.0 Å². The van der Waals surface area contributed by atoms with Gasteiger partial charge in [-0.05, 0) is 32.6 Å². The number of sulfonamides is 1. The fraction of sp³-hybridized carbons (Fsp3) is 0.833. The van der Waals surface area contributed by atoms with Crippen LogP contribution in [0.3, 0.4) is 0 Å². The molecule has 1 aliphatic carbocycles. The molecule has 1 aliphatic heterocycles. The topological polar surface area (TPSA) is 68.1 Å². The molecule has 2 heterocycles. The van der Waals surface area contributed by atoms with Crippen LogP contribution in [0.2, 0.25) is 0 Å². The highest BCUT2D eigenvalue weighted by molar-refractivity contribution is 7.89. The molecule has 7 heteroatoms. The second-order valence-electron chi connectivity index (χ2n) is 5.43. The predicted octanol–water partition coefficient (Wildman–Crippen LogP) is 1.14. The summed E-state index contributed by atoms with van der Waals surface area (Å²) < 4.78 is 27.7. The first-order valence-corrected chi connectivity index (χ1v) is 8.60. The van der Waals surface area contributed by atoms with Gasteiger partial charge in [0.25, 0.3) is 0 Å². The molecule has 2 aliphatic rings. The lowest BCUT2D eigenvalue weighted by Gasteiger charge is -2.31. The SMILES string of the molecule is CCS(=O)(=O)N1CCC[C@@H](c2nncn2C2CC2)C1. The van der Waals surface area contributed by atoms with Gasteiger partial charge >= 0.3 is 0 Å². The van der Waals surface area contributed by atoms with Crippen molar-refractivity contribution in [3.63, 3.8) is 0 Å². The van der Waals surface area contributed by atoms with Crippen molar-refractivity contribution in [3.05, 3.63) is 12.2 Å². The van der Waals surface area contributed by atoms with Crippen molar-refractivity contribution in [1.29, 1.82) is 0 Å². The van der Waals surface area contributed by atoms with E-state index >= 15 is 0 Å². The van der Waals surface area contributed by atoms with Crippen LogP contribution in [0.1, 0.15) is 50.4 Å². The van der Waals surface area contributed by atoms with Crippen molar-refractivity contribution < 1.29 is 8.42 Å². The summed E-state index contributed by atoms with van der Waals surface area (Å²) in [6, 6.07) is 0.545. The highest BCUT2D eigenvalue weighted by atomic mass is 32.2. The molecular weight excluding hydrogens is 264 g/mol. The van der Waals surface area contributed by atoms with Crippen molar-refractivity contribution >= 4 is 10.0 Å². The summed E-state index contributed by atoms with van der Waals surface area (Å²) in [6.45, 7) is 2.90. The minimum atomic E-state index is -3.09. The van der Waals surface area contributed by atoms with E-state index in [0.29, 0.717) is 19.1 Å². The predicted molar refractivity (Wildman–Crippen MR) is 71.3 cm³/mol. The second-order valence-corrected chi connectivity index (χ2v) is 7.68. The van der Waals surface area contributed by atoms with E-state index in [1.54, 1.807) is 17.6 Å². The molecule has 0 unspecified atom stereocenters. The lowest BCUT2D eigenvalue weighted by atomic mass is 9.99. The molecule has 106 valence electrons. The monoisotopic (exact) mass is 284 g/mol. The van der Waals surface area contributed by atoms with Gasteiger partial charge in [0.2, 0.25) is 10.0 Å². The minimum Gasteiger partial charge on any atom is -0.314 e. The molecular formula is C12H20N4O2S. The highest BCUT2D eigenvalue weighted by Crippen LogP contribution is 2.38. The second kappa shape index (κ2) is 4.86. The van der Waals surface area contributed by atoms with Gasteiger partial charge in [-0.15, -0.1) is 10.2 Å². The zero-order chi connectivity index (χ0) is 13.5. The normalized spacial score (nSPS) is 25.6. The van der Waals surface area contributed by atoms with Crippen molar-refractivity contribution in [2.24, 2.45) is 0 Å². The maximum Gasteiger partial charge on any atom is 0.213 e. The summed E-state index contributed by atoms with van der Waals surface area (Å²) in [4.78, 5) is 0. The molecule has 0 bridgehead atoms. The summed E-state index contributed by atoms with van der Waals surface area (Å²) in [7, 11) is -3.09. The Bertz CT molecular complexity index is 550. The summed E-state index contributed by atoms with van der Waals surface area (Å²) in [5.41, 5.74) is 0. The Morgan fingerprint density at radius 2 is 2.16 bits per heavy atom. The number of rotatable bonds is 4. The average molecular weight is 284 g/mol. The van der Waals surface area contributed by atoms with E-state index in [2.05, 4.69) is 14.8 Å². The molecule has 1 saturated heterocycles. The van der Waals surface area contributed by atoms with Crippen LogP contribution in [0.15, 0.2) is 6.33 Å². The standard InChI is InChI=1S/C12H20N4O2S/c1-2-19(17,18)15-7-3-4-10(8-15)12-14-13-9-16(12)11-5-6-11/h9-11H,2-8H2,1H3/t10-/m1/s1. The van der Waals surface area contributed by atoms with E-state index in [1.165, 1.54) is 12.8 Å². The van der Waals surface area contributed by atoms with E-state index in [9.17, 15) is 8.42 Å². The smallest absolute Gasteiger partial charge is 0.213 e. The molecule has 0 N–H and O–H groups in total. The lowest BCUT2D eigenvalue weighted by molar-refractivity contribution is 0.305. The maximum atomic E-state index is 12.0. The Hall–Kier alpha value is -0.950. The van der Waals surface area contributed by atoms with Gasteiger partial charge in [0, 0.05) is 25.0 Å². The van der Waals surface area contributed by atoms with Crippen LogP contribution in [-0.4, -0.2) is 46.3 Å². The number of hydrogen-bond acceptors (Lipinski definition) is 4. The number of piperidine rings is 1. The molecule has 1 aromatic heterocycles. The fourth-order valence-corrected chi connectivity index (χ4v) is 3.95. The Kier molecular flexibility index (Phi) is 3.34. The Balaban J connectivity index is 1.79. The lowest BCUT2D eigenvalue weighted by Crippen LogP contribution is -2.40. The average Bonchev–Trinajstić information content (AvgIpc) is 3.16. The molecule has 3 rings (SSSR count). The quantitative estimate of drug-likeness (QED) is 0.831. The molecule has 19 heavy (non-hydrogen) atoms.